The zero-order chi connectivity index (χ0) is 31.8. The number of nitrogens with zero attached hydrogens (tertiary/aromatic N) is 3. The van der Waals surface area contributed by atoms with Gasteiger partial charge in [-0.1, -0.05) is 94.9 Å². The lowest BCUT2D eigenvalue weighted by molar-refractivity contribution is 0.152. The highest BCUT2D eigenvalue weighted by molar-refractivity contribution is 4.78. The fourth-order valence-corrected chi connectivity index (χ4v) is 7.10. The summed E-state index contributed by atoms with van der Waals surface area (Å²) in [7, 11) is 2.26. The third-order valence-corrected chi connectivity index (χ3v) is 10.1. The van der Waals surface area contributed by atoms with Crippen LogP contribution in [-0.2, 0) is 0 Å². The van der Waals surface area contributed by atoms with Crippen molar-refractivity contribution in [1.29, 1.82) is 0 Å². The summed E-state index contributed by atoms with van der Waals surface area (Å²) in [6, 6.07) is 2.62. The minimum absolute atomic E-state index is 0.506. The quantitative estimate of drug-likeness (QED) is 0.250. The highest BCUT2D eigenvalue weighted by Gasteiger charge is 2.23. The molecule has 3 fully saturated rings. The number of hydrogen-bond acceptors (Lipinski definition) is 3. The first-order chi connectivity index (χ1) is 19.5. The van der Waals surface area contributed by atoms with Crippen molar-refractivity contribution in [2.24, 2.45) is 16.2 Å². The van der Waals surface area contributed by atoms with Gasteiger partial charge in [-0.2, -0.15) is 0 Å². The van der Waals surface area contributed by atoms with Crippen LogP contribution in [-0.4, -0.2) is 72.6 Å². The molecule has 0 N–H and O–H groups in total. The Hall–Kier alpha value is -0.120. The minimum Gasteiger partial charge on any atom is -0.303 e. The van der Waals surface area contributed by atoms with E-state index in [-0.39, 0.29) is 0 Å². The van der Waals surface area contributed by atoms with E-state index >= 15 is 0 Å². The molecule has 3 heteroatoms. The number of rotatable bonds is 10. The highest BCUT2D eigenvalue weighted by atomic mass is 15.2. The van der Waals surface area contributed by atoms with Crippen molar-refractivity contribution < 1.29 is 0 Å². The third kappa shape index (κ3) is 20.0. The van der Waals surface area contributed by atoms with Crippen LogP contribution in [0.4, 0.5) is 0 Å². The van der Waals surface area contributed by atoms with Gasteiger partial charge in [0.25, 0.3) is 0 Å². The van der Waals surface area contributed by atoms with E-state index in [2.05, 4.69) is 97.9 Å². The molecule has 2 heterocycles. The molecule has 3 aliphatic rings. The Morgan fingerprint density at radius 1 is 0.643 bits per heavy atom. The first-order valence-electron chi connectivity index (χ1n) is 18.7. The Morgan fingerprint density at radius 2 is 1.21 bits per heavy atom. The van der Waals surface area contributed by atoms with E-state index in [1.807, 2.05) is 0 Å². The molecular formula is C39H81N3. The molecule has 0 spiro atoms. The normalized spacial score (nSPS) is 23.4. The molecule has 0 amide bonds. The molecule has 1 aliphatic carbocycles. The zero-order valence-corrected chi connectivity index (χ0v) is 31.4. The molecule has 2 unspecified atom stereocenters. The summed E-state index contributed by atoms with van der Waals surface area (Å²) in [6.45, 7) is 32.3. The second kappa shape index (κ2) is 20.1. The summed E-state index contributed by atoms with van der Waals surface area (Å²) >= 11 is 0. The second-order valence-electron chi connectivity index (χ2n) is 18.0. The van der Waals surface area contributed by atoms with E-state index in [0.717, 1.165) is 18.1 Å². The summed E-state index contributed by atoms with van der Waals surface area (Å²) in [6.07, 6.45) is 22.6. The summed E-state index contributed by atoms with van der Waals surface area (Å²) in [5.74, 6) is 0. The lowest BCUT2D eigenvalue weighted by Crippen LogP contribution is -2.38. The van der Waals surface area contributed by atoms with Crippen LogP contribution in [0.25, 0.3) is 0 Å². The average Bonchev–Trinajstić information content (AvgIpc) is 3.31. The monoisotopic (exact) mass is 592 g/mol. The smallest absolute Gasteiger partial charge is 0.00951 e. The van der Waals surface area contributed by atoms with Crippen molar-refractivity contribution in [2.75, 3.05) is 39.8 Å². The van der Waals surface area contributed by atoms with Crippen molar-refractivity contribution in [3.05, 3.63) is 0 Å². The van der Waals surface area contributed by atoms with Gasteiger partial charge >= 0.3 is 0 Å². The topological polar surface area (TPSA) is 9.72 Å². The van der Waals surface area contributed by atoms with Gasteiger partial charge in [-0.15, -0.1) is 0 Å². The van der Waals surface area contributed by atoms with Crippen LogP contribution in [0, 0.1) is 16.2 Å². The maximum absolute atomic E-state index is 2.73. The van der Waals surface area contributed by atoms with Gasteiger partial charge in [0.05, 0.1) is 0 Å². The Kier molecular flexibility index (Phi) is 19.1. The lowest BCUT2D eigenvalue weighted by Gasteiger charge is -2.34. The van der Waals surface area contributed by atoms with Gasteiger partial charge in [-0.25, -0.2) is 0 Å². The maximum atomic E-state index is 2.73. The fraction of sp³-hybridized carbons (Fsp3) is 1.00. The molecule has 0 aromatic heterocycles. The molecule has 2 atom stereocenters. The Morgan fingerprint density at radius 3 is 1.71 bits per heavy atom. The largest absolute Gasteiger partial charge is 0.303 e. The molecule has 2 saturated heterocycles. The molecule has 0 radical (unpaired) electrons. The SMILES string of the molecule is CC1CCCCN1CCCC(C)(C)C.CCN(CCCC(C)(C)C)C1CCCCC1.CN1CCCC1CCC(C)(C)C. The molecule has 42 heavy (non-hydrogen) atoms. The van der Waals surface area contributed by atoms with E-state index < -0.39 is 0 Å². The van der Waals surface area contributed by atoms with Crippen molar-refractivity contribution >= 4 is 0 Å². The summed E-state index contributed by atoms with van der Waals surface area (Å²) in [5.41, 5.74) is 1.54. The van der Waals surface area contributed by atoms with Gasteiger partial charge in [0.15, 0.2) is 0 Å². The number of piperidine rings is 1. The van der Waals surface area contributed by atoms with Gasteiger partial charge in [0.1, 0.15) is 0 Å². The van der Waals surface area contributed by atoms with Crippen molar-refractivity contribution in [1.82, 2.24) is 14.7 Å². The molecule has 252 valence electrons. The first kappa shape index (κ1) is 39.9. The van der Waals surface area contributed by atoms with Crippen LogP contribution in [0.15, 0.2) is 0 Å². The molecule has 2 aliphatic heterocycles. The Balaban J connectivity index is 0.000000318. The second-order valence-corrected chi connectivity index (χ2v) is 18.0. The summed E-state index contributed by atoms with van der Waals surface area (Å²) in [4.78, 5) is 7.92. The summed E-state index contributed by atoms with van der Waals surface area (Å²) < 4.78 is 0. The molecule has 1 saturated carbocycles. The Labute approximate surface area is 267 Å². The van der Waals surface area contributed by atoms with Crippen molar-refractivity contribution in [2.45, 2.75) is 197 Å². The van der Waals surface area contributed by atoms with Crippen molar-refractivity contribution in [3.63, 3.8) is 0 Å². The van der Waals surface area contributed by atoms with Crippen LogP contribution >= 0.6 is 0 Å². The van der Waals surface area contributed by atoms with Crippen LogP contribution in [0.2, 0.25) is 0 Å². The highest BCUT2D eigenvalue weighted by Crippen LogP contribution is 2.27. The van der Waals surface area contributed by atoms with E-state index in [9.17, 15) is 0 Å². The maximum Gasteiger partial charge on any atom is 0.00951 e. The Bertz CT molecular complexity index is 646. The van der Waals surface area contributed by atoms with Gasteiger partial charge in [-0.3, -0.25) is 0 Å². The van der Waals surface area contributed by atoms with E-state index in [1.165, 1.54) is 135 Å². The van der Waals surface area contributed by atoms with Crippen LogP contribution < -0.4 is 0 Å². The molecular weight excluding hydrogens is 510 g/mol. The van der Waals surface area contributed by atoms with Gasteiger partial charge in [0.2, 0.25) is 0 Å². The van der Waals surface area contributed by atoms with Gasteiger partial charge in [0, 0.05) is 18.1 Å². The van der Waals surface area contributed by atoms with E-state index in [4.69, 9.17) is 0 Å². The van der Waals surface area contributed by atoms with Crippen LogP contribution in [0.1, 0.15) is 179 Å². The number of hydrogen-bond donors (Lipinski definition) is 0. The molecule has 0 bridgehead atoms. The predicted molar refractivity (Wildman–Crippen MR) is 191 cm³/mol. The third-order valence-electron chi connectivity index (χ3n) is 10.1. The molecule has 3 nitrogen and oxygen atoms in total. The minimum atomic E-state index is 0.506. The fourth-order valence-electron chi connectivity index (χ4n) is 7.10. The summed E-state index contributed by atoms with van der Waals surface area (Å²) in [5, 5.41) is 0. The van der Waals surface area contributed by atoms with Gasteiger partial charge in [-0.05, 0) is 140 Å². The molecule has 0 aromatic rings. The standard InChI is InChI=1S/C15H31N.C13H27N.C11H23N/c1-5-16(13-9-12-15(2,3)4)14-10-7-6-8-11-14;1-12-8-5-6-10-14(12)11-7-9-13(2,3)4;1-11(2,3)8-7-10-6-5-9-12(10)4/h14H,5-13H2,1-4H3;12H,5-11H2,1-4H3;10H,5-9H2,1-4H3. The van der Waals surface area contributed by atoms with Crippen LogP contribution in [0.5, 0.6) is 0 Å². The zero-order valence-electron chi connectivity index (χ0n) is 31.4. The predicted octanol–water partition coefficient (Wildman–Crippen LogP) is 11.1. The van der Waals surface area contributed by atoms with Crippen molar-refractivity contribution in [3.8, 4) is 0 Å². The number of likely N-dealkylation sites (tertiary alicyclic amines) is 2. The van der Waals surface area contributed by atoms with Crippen LogP contribution in [0.3, 0.4) is 0 Å². The van der Waals surface area contributed by atoms with Gasteiger partial charge < -0.3 is 14.7 Å². The van der Waals surface area contributed by atoms with E-state index in [0.29, 0.717) is 16.2 Å². The average molecular weight is 592 g/mol. The van der Waals surface area contributed by atoms with E-state index in [1.54, 1.807) is 0 Å². The molecule has 0 aromatic carbocycles. The lowest BCUT2D eigenvalue weighted by atomic mass is 9.88. The first-order valence-corrected chi connectivity index (χ1v) is 18.7. The molecule has 3 rings (SSSR count).